The molecule has 0 saturated carbocycles. The van der Waals surface area contributed by atoms with E-state index in [4.69, 9.17) is 0 Å². The van der Waals surface area contributed by atoms with Crippen LogP contribution in [0.2, 0.25) is 0 Å². The first-order chi connectivity index (χ1) is 14.3. The van der Waals surface area contributed by atoms with Crippen LogP contribution in [0.5, 0.6) is 0 Å². The number of carbonyl (C=O) groups excluding carboxylic acids is 1. The Morgan fingerprint density at radius 2 is 1.97 bits per heavy atom. The lowest BCUT2D eigenvalue weighted by atomic mass is 10.2. The number of hydrogen-bond acceptors (Lipinski definition) is 6. The zero-order valence-corrected chi connectivity index (χ0v) is 16.9. The van der Waals surface area contributed by atoms with Crippen molar-refractivity contribution < 1.29 is 9.18 Å². The van der Waals surface area contributed by atoms with Crippen molar-refractivity contribution in [2.45, 2.75) is 19.5 Å². The van der Waals surface area contributed by atoms with E-state index in [1.54, 1.807) is 17.0 Å². The number of nitrogens with zero attached hydrogens (tertiary/aromatic N) is 7. The van der Waals surface area contributed by atoms with Crippen LogP contribution in [-0.4, -0.2) is 60.2 Å². The topological polar surface area (TPSA) is 98.3 Å². The van der Waals surface area contributed by atoms with E-state index in [-0.39, 0.29) is 29.7 Å². The lowest BCUT2D eigenvalue weighted by Gasteiger charge is -2.40. The zero-order chi connectivity index (χ0) is 21.6. The molecule has 3 aromatic rings. The van der Waals surface area contributed by atoms with Crippen LogP contribution in [-0.2, 0) is 25.4 Å². The summed E-state index contributed by atoms with van der Waals surface area (Å²) < 4.78 is 17.2. The third-order valence-corrected chi connectivity index (χ3v) is 5.50. The van der Waals surface area contributed by atoms with E-state index < -0.39 is 17.2 Å². The van der Waals surface area contributed by atoms with Crippen molar-refractivity contribution in [2.24, 2.45) is 14.1 Å². The van der Waals surface area contributed by atoms with Crippen LogP contribution in [0.15, 0.2) is 34.1 Å². The number of fused-ring (bicyclic) bond motifs is 1. The Kier molecular flexibility index (Phi) is 4.88. The van der Waals surface area contributed by atoms with Crippen LogP contribution in [0.1, 0.15) is 6.92 Å². The van der Waals surface area contributed by atoms with Gasteiger partial charge in [-0.3, -0.25) is 18.7 Å². The van der Waals surface area contributed by atoms with Gasteiger partial charge in [-0.05, 0) is 19.1 Å². The number of anilines is 1. The van der Waals surface area contributed by atoms with Gasteiger partial charge in [-0.2, -0.15) is 4.39 Å². The number of amides is 1. The van der Waals surface area contributed by atoms with Crippen LogP contribution >= 0.6 is 0 Å². The van der Waals surface area contributed by atoms with Gasteiger partial charge in [0.05, 0.1) is 6.33 Å². The minimum atomic E-state index is -0.541. The van der Waals surface area contributed by atoms with Crippen LogP contribution in [0, 0.1) is 5.95 Å². The quantitative estimate of drug-likeness (QED) is 0.545. The molecule has 0 aromatic carbocycles. The van der Waals surface area contributed by atoms with Gasteiger partial charge in [0.1, 0.15) is 12.4 Å². The summed E-state index contributed by atoms with van der Waals surface area (Å²) in [6, 6.07) is 4.60. The van der Waals surface area contributed by atoms with Gasteiger partial charge in [0.25, 0.3) is 5.56 Å². The minimum Gasteiger partial charge on any atom is -0.350 e. The largest absolute Gasteiger partial charge is 0.350 e. The fourth-order valence-electron chi connectivity index (χ4n) is 3.84. The van der Waals surface area contributed by atoms with Crippen LogP contribution in [0.25, 0.3) is 11.2 Å². The molecule has 0 spiro atoms. The molecule has 1 fully saturated rings. The molecule has 1 saturated heterocycles. The van der Waals surface area contributed by atoms with Crippen molar-refractivity contribution in [1.29, 1.82) is 0 Å². The van der Waals surface area contributed by atoms with E-state index in [1.807, 2.05) is 11.8 Å². The number of pyridine rings is 1. The van der Waals surface area contributed by atoms with Gasteiger partial charge >= 0.3 is 5.69 Å². The number of imidazole rings is 1. The predicted molar refractivity (Wildman–Crippen MR) is 108 cm³/mol. The molecule has 30 heavy (non-hydrogen) atoms. The molecule has 1 amide bonds. The lowest BCUT2D eigenvalue weighted by molar-refractivity contribution is -0.132. The standard InChI is InChI=1S/C19H22FN7O3/c1-12-9-25(7-8-27(12)14-6-4-5-13(20)22-14)15(28)10-26-11-21-17-16(26)18(29)24(3)19(30)23(17)2/h4-6,11-12H,7-10H2,1-3H3. The van der Waals surface area contributed by atoms with Gasteiger partial charge in [0.2, 0.25) is 11.9 Å². The van der Waals surface area contributed by atoms with Crippen molar-refractivity contribution in [3.8, 4) is 0 Å². The molecule has 1 atom stereocenters. The zero-order valence-electron chi connectivity index (χ0n) is 16.9. The second-order valence-electron chi connectivity index (χ2n) is 7.45. The third-order valence-electron chi connectivity index (χ3n) is 5.50. The van der Waals surface area contributed by atoms with Gasteiger partial charge in [0.15, 0.2) is 11.2 Å². The summed E-state index contributed by atoms with van der Waals surface area (Å²) in [5.74, 6) is -0.162. The van der Waals surface area contributed by atoms with Crippen LogP contribution in [0.4, 0.5) is 10.2 Å². The van der Waals surface area contributed by atoms with E-state index in [0.29, 0.717) is 25.5 Å². The van der Waals surface area contributed by atoms with Gasteiger partial charge in [-0.25, -0.2) is 14.8 Å². The minimum absolute atomic E-state index is 0.0507. The first kappa shape index (κ1) is 19.8. The molecular weight excluding hydrogens is 393 g/mol. The molecule has 0 N–H and O–H groups in total. The van der Waals surface area contributed by atoms with Gasteiger partial charge in [0, 0.05) is 39.8 Å². The highest BCUT2D eigenvalue weighted by atomic mass is 19.1. The van der Waals surface area contributed by atoms with Crippen LogP contribution in [0.3, 0.4) is 0 Å². The normalized spacial score (nSPS) is 17.0. The maximum Gasteiger partial charge on any atom is 0.332 e. The molecule has 3 aromatic heterocycles. The number of hydrogen-bond donors (Lipinski definition) is 0. The second kappa shape index (κ2) is 7.39. The first-order valence-corrected chi connectivity index (χ1v) is 9.55. The van der Waals surface area contributed by atoms with Gasteiger partial charge in [-0.15, -0.1) is 0 Å². The monoisotopic (exact) mass is 415 g/mol. The lowest BCUT2D eigenvalue weighted by Crippen LogP contribution is -2.54. The Morgan fingerprint density at radius 3 is 2.67 bits per heavy atom. The Morgan fingerprint density at radius 1 is 1.20 bits per heavy atom. The SMILES string of the molecule is CC1CN(C(=O)Cn2cnc3c2c(=O)n(C)c(=O)n3C)CCN1c1cccc(F)n1. The van der Waals surface area contributed by atoms with Crippen molar-refractivity contribution in [3.63, 3.8) is 0 Å². The Bertz CT molecular complexity index is 1250. The van der Waals surface area contributed by atoms with E-state index in [2.05, 4.69) is 9.97 Å². The molecule has 0 radical (unpaired) electrons. The van der Waals surface area contributed by atoms with E-state index in [0.717, 1.165) is 4.57 Å². The fourth-order valence-corrected chi connectivity index (χ4v) is 3.84. The highest BCUT2D eigenvalue weighted by Gasteiger charge is 2.28. The Hall–Kier alpha value is -3.50. The van der Waals surface area contributed by atoms with Crippen molar-refractivity contribution in [2.75, 3.05) is 24.5 Å². The maximum absolute atomic E-state index is 13.4. The number of aromatic nitrogens is 5. The molecule has 1 aliphatic rings. The van der Waals surface area contributed by atoms with Crippen molar-refractivity contribution >= 4 is 22.9 Å². The molecule has 10 nitrogen and oxygen atoms in total. The fraction of sp³-hybridized carbons (Fsp3) is 0.421. The van der Waals surface area contributed by atoms with Crippen molar-refractivity contribution in [3.05, 3.63) is 51.3 Å². The number of aryl methyl sites for hydroxylation is 1. The molecule has 0 bridgehead atoms. The number of piperazine rings is 1. The second-order valence-corrected chi connectivity index (χ2v) is 7.45. The summed E-state index contributed by atoms with van der Waals surface area (Å²) in [6.45, 7) is 3.30. The van der Waals surface area contributed by atoms with Gasteiger partial charge in [-0.1, -0.05) is 6.07 Å². The predicted octanol–water partition coefficient (Wildman–Crippen LogP) is -0.295. The summed E-state index contributed by atoms with van der Waals surface area (Å²) >= 11 is 0. The smallest absolute Gasteiger partial charge is 0.332 e. The van der Waals surface area contributed by atoms with Crippen LogP contribution < -0.4 is 16.1 Å². The number of halogens is 1. The molecule has 11 heteroatoms. The average Bonchev–Trinajstić information content (AvgIpc) is 3.14. The molecular formula is C19H22FN7O3. The van der Waals surface area contributed by atoms with Gasteiger partial charge < -0.3 is 14.4 Å². The molecule has 158 valence electrons. The highest BCUT2D eigenvalue weighted by Crippen LogP contribution is 2.19. The first-order valence-electron chi connectivity index (χ1n) is 9.55. The summed E-state index contributed by atoms with van der Waals surface area (Å²) in [5.41, 5.74) is -0.511. The average molecular weight is 415 g/mol. The molecule has 1 aliphatic heterocycles. The number of rotatable bonds is 3. The van der Waals surface area contributed by atoms with Crippen molar-refractivity contribution in [1.82, 2.24) is 28.6 Å². The summed E-state index contributed by atoms with van der Waals surface area (Å²) in [5, 5.41) is 0. The summed E-state index contributed by atoms with van der Waals surface area (Å²) in [4.78, 5) is 49.2. The molecule has 0 aliphatic carbocycles. The summed E-state index contributed by atoms with van der Waals surface area (Å²) in [6.07, 6.45) is 1.40. The Balaban J connectivity index is 1.53. The summed E-state index contributed by atoms with van der Waals surface area (Å²) in [7, 11) is 2.93. The Labute approximate surface area is 170 Å². The molecule has 4 heterocycles. The maximum atomic E-state index is 13.4. The van der Waals surface area contributed by atoms with E-state index in [9.17, 15) is 18.8 Å². The molecule has 4 rings (SSSR count). The number of carbonyl (C=O) groups is 1. The third kappa shape index (κ3) is 3.25. The highest BCUT2D eigenvalue weighted by molar-refractivity contribution is 5.79. The molecule has 1 unspecified atom stereocenters. The van der Waals surface area contributed by atoms with E-state index in [1.165, 1.54) is 35.6 Å². The van der Waals surface area contributed by atoms with E-state index >= 15 is 0 Å².